The standard InChI is InChI=1S/C31H38N6O3/c1-4-20-16-35(18(2)27(20)32)31(38)22-12-24-28(26(14-22)39-3)37(23-9-11-40-17-23)30(34-24)25-13-21-6-5-10-33-29(21)36(25)15-19-7-8-19/h5-6,10,12-14,18-20,23,27H,4,7-9,11,15-17,32H2,1-3H3/t18-,20-,23-,27?/m1/s1. The Labute approximate surface area is 234 Å². The normalized spacial score (nSPS) is 24.9. The van der Waals surface area contributed by atoms with Crippen molar-refractivity contribution in [2.24, 2.45) is 17.6 Å². The topological polar surface area (TPSA) is 100 Å². The monoisotopic (exact) mass is 542 g/mol. The van der Waals surface area contributed by atoms with E-state index in [0.717, 1.165) is 53.0 Å². The molecule has 5 heterocycles. The van der Waals surface area contributed by atoms with Crippen molar-refractivity contribution in [1.82, 2.24) is 24.0 Å². The van der Waals surface area contributed by atoms with Gasteiger partial charge in [0.2, 0.25) is 0 Å². The molecule has 40 heavy (non-hydrogen) atoms. The molecule has 3 aliphatic rings. The number of pyridine rings is 1. The third-order valence-corrected chi connectivity index (χ3v) is 9.32. The molecular formula is C31H38N6O3. The highest BCUT2D eigenvalue weighted by Crippen LogP contribution is 2.41. The van der Waals surface area contributed by atoms with Crippen LogP contribution >= 0.6 is 0 Å². The summed E-state index contributed by atoms with van der Waals surface area (Å²) in [4.78, 5) is 25.7. The Hall–Kier alpha value is -3.43. The number of ether oxygens (including phenoxy) is 2. The van der Waals surface area contributed by atoms with E-state index in [9.17, 15) is 4.79 Å². The minimum atomic E-state index is -0.0218. The van der Waals surface area contributed by atoms with Crippen LogP contribution in [0.2, 0.25) is 0 Å². The zero-order valence-corrected chi connectivity index (χ0v) is 23.5. The first kappa shape index (κ1) is 25.5. The van der Waals surface area contributed by atoms with Crippen molar-refractivity contribution in [3.63, 3.8) is 0 Å². The second kappa shape index (κ2) is 9.89. The second-order valence-corrected chi connectivity index (χ2v) is 11.8. The molecule has 1 aliphatic carbocycles. The van der Waals surface area contributed by atoms with Crippen LogP contribution in [0.4, 0.5) is 0 Å². The first-order valence-corrected chi connectivity index (χ1v) is 14.7. The van der Waals surface area contributed by atoms with Crippen LogP contribution in [0, 0.1) is 11.8 Å². The van der Waals surface area contributed by atoms with E-state index in [1.165, 1.54) is 12.8 Å². The predicted octanol–water partition coefficient (Wildman–Crippen LogP) is 4.63. The minimum Gasteiger partial charge on any atom is -0.494 e. The summed E-state index contributed by atoms with van der Waals surface area (Å²) in [6.07, 6.45) is 6.20. The Morgan fingerprint density at radius 2 is 2.08 bits per heavy atom. The molecule has 0 spiro atoms. The number of fused-ring (bicyclic) bond motifs is 2. The van der Waals surface area contributed by atoms with Gasteiger partial charge in [-0.3, -0.25) is 4.79 Å². The Kier molecular flexibility index (Phi) is 6.31. The summed E-state index contributed by atoms with van der Waals surface area (Å²) >= 11 is 0. The lowest BCUT2D eigenvalue weighted by molar-refractivity contribution is 0.0739. The molecule has 2 aliphatic heterocycles. The van der Waals surface area contributed by atoms with E-state index < -0.39 is 0 Å². The molecule has 2 N–H and O–H groups in total. The molecule has 3 aromatic heterocycles. The Bertz CT molecular complexity index is 1580. The molecule has 7 rings (SSSR count). The summed E-state index contributed by atoms with van der Waals surface area (Å²) in [6.45, 7) is 7.11. The zero-order valence-electron chi connectivity index (χ0n) is 23.5. The number of carbonyl (C=O) groups is 1. The molecule has 1 unspecified atom stereocenters. The summed E-state index contributed by atoms with van der Waals surface area (Å²) in [5, 5.41) is 1.10. The van der Waals surface area contributed by atoms with E-state index in [-0.39, 0.29) is 24.0 Å². The van der Waals surface area contributed by atoms with Crippen molar-refractivity contribution in [3.8, 4) is 17.3 Å². The molecule has 4 aromatic rings. The van der Waals surface area contributed by atoms with Crippen LogP contribution < -0.4 is 10.5 Å². The fourth-order valence-corrected chi connectivity index (χ4v) is 6.73. The van der Waals surface area contributed by atoms with Crippen molar-refractivity contribution in [3.05, 3.63) is 42.1 Å². The second-order valence-electron chi connectivity index (χ2n) is 11.8. The van der Waals surface area contributed by atoms with Gasteiger partial charge in [-0.1, -0.05) is 13.3 Å². The van der Waals surface area contributed by atoms with Gasteiger partial charge < -0.3 is 29.2 Å². The highest BCUT2D eigenvalue weighted by atomic mass is 16.5. The number of nitrogens with two attached hydrogens (primary N) is 1. The lowest BCUT2D eigenvalue weighted by Crippen LogP contribution is -2.41. The van der Waals surface area contributed by atoms with Crippen LogP contribution in [0.5, 0.6) is 5.75 Å². The average Bonchev–Trinajstić information content (AvgIpc) is 3.29. The number of rotatable bonds is 7. The van der Waals surface area contributed by atoms with Crippen LogP contribution in [-0.4, -0.2) is 68.9 Å². The number of benzene rings is 1. The van der Waals surface area contributed by atoms with E-state index in [1.807, 2.05) is 36.2 Å². The lowest BCUT2D eigenvalue weighted by Gasteiger charge is -2.23. The number of hydrogen-bond acceptors (Lipinski definition) is 6. The number of nitrogens with zero attached hydrogens (tertiary/aromatic N) is 5. The van der Waals surface area contributed by atoms with Gasteiger partial charge in [-0.15, -0.1) is 0 Å². The number of imidazole rings is 1. The quantitative estimate of drug-likeness (QED) is 0.366. The molecule has 0 bridgehead atoms. The fourth-order valence-electron chi connectivity index (χ4n) is 6.73. The van der Waals surface area contributed by atoms with Crippen molar-refractivity contribution >= 4 is 28.0 Å². The largest absolute Gasteiger partial charge is 0.494 e. The van der Waals surface area contributed by atoms with Gasteiger partial charge >= 0.3 is 0 Å². The van der Waals surface area contributed by atoms with Gasteiger partial charge in [0.25, 0.3) is 5.91 Å². The van der Waals surface area contributed by atoms with Gasteiger partial charge in [0, 0.05) is 48.9 Å². The van der Waals surface area contributed by atoms with Gasteiger partial charge in [0.15, 0.2) is 5.82 Å². The molecule has 4 atom stereocenters. The number of aromatic nitrogens is 4. The van der Waals surface area contributed by atoms with Gasteiger partial charge in [-0.25, -0.2) is 9.97 Å². The summed E-state index contributed by atoms with van der Waals surface area (Å²) in [7, 11) is 1.67. The van der Waals surface area contributed by atoms with E-state index in [0.29, 0.717) is 42.9 Å². The lowest BCUT2D eigenvalue weighted by atomic mass is 9.98. The molecule has 9 heteroatoms. The Balaban J connectivity index is 1.40. The maximum absolute atomic E-state index is 13.8. The number of likely N-dealkylation sites (tertiary alicyclic amines) is 1. The van der Waals surface area contributed by atoms with Crippen molar-refractivity contribution < 1.29 is 14.3 Å². The maximum Gasteiger partial charge on any atom is 0.254 e. The summed E-state index contributed by atoms with van der Waals surface area (Å²) in [5.74, 6) is 2.47. The third-order valence-electron chi connectivity index (χ3n) is 9.32. The third kappa shape index (κ3) is 4.09. The molecule has 9 nitrogen and oxygen atoms in total. The van der Waals surface area contributed by atoms with E-state index in [2.05, 4.69) is 28.2 Å². The first-order valence-electron chi connectivity index (χ1n) is 14.7. The number of methoxy groups -OCH3 is 1. The number of hydrogen-bond donors (Lipinski definition) is 1. The first-order chi connectivity index (χ1) is 19.5. The van der Waals surface area contributed by atoms with Crippen molar-refractivity contribution in [2.75, 3.05) is 26.9 Å². The van der Waals surface area contributed by atoms with Gasteiger partial charge in [-0.05, 0) is 68.4 Å². The predicted molar refractivity (Wildman–Crippen MR) is 154 cm³/mol. The highest BCUT2D eigenvalue weighted by Gasteiger charge is 2.39. The molecule has 3 fully saturated rings. The van der Waals surface area contributed by atoms with E-state index >= 15 is 0 Å². The molecule has 0 radical (unpaired) electrons. The average molecular weight is 543 g/mol. The minimum absolute atomic E-state index is 0.0187. The van der Waals surface area contributed by atoms with Crippen LogP contribution in [0.25, 0.3) is 33.6 Å². The molecule has 2 saturated heterocycles. The molecular weight excluding hydrogens is 504 g/mol. The molecule has 1 amide bonds. The fraction of sp³-hybridized carbons (Fsp3) is 0.516. The van der Waals surface area contributed by atoms with E-state index in [4.69, 9.17) is 25.2 Å². The van der Waals surface area contributed by atoms with Crippen LogP contribution in [0.1, 0.15) is 55.9 Å². The summed E-state index contributed by atoms with van der Waals surface area (Å²) < 4.78 is 16.4. The Morgan fingerprint density at radius 3 is 2.77 bits per heavy atom. The van der Waals surface area contributed by atoms with E-state index in [1.54, 1.807) is 7.11 Å². The van der Waals surface area contributed by atoms with Gasteiger partial charge in [-0.2, -0.15) is 0 Å². The van der Waals surface area contributed by atoms with Crippen molar-refractivity contribution in [2.45, 2.75) is 64.2 Å². The summed E-state index contributed by atoms with van der Waals surface area (Å²) in [5.41, 5.74) is 10.7. The van der Waals surface area contributed by atoms with Crippen molar-refractivity contribution in [1.29, 1.82) is 0 Å². The highest BCUT2D eigenvalue weighted by molar-refractivity contribution is 6.00. The number of amides is 1. The van der Waals surface area contributed by atoms with Crippen LogP contribution in [0.3, 0.4) is 0 Å². The summed E-state index contributed by atoms with van der Waals surface area (Å²) in [6, 6.07) is 10.2. The maximum atomic E-state index is 13.8. The Morgan fingerprint density at radius 1 is 1.23 bits per heavy atom. The van der Waals surface area contributed by atoms with Gasteiger partial charge in [0.05, 0.1) is 31.0 Å². The molecule has 210 valence electrons. The SMILES string of the molecule is CC[C@@H]1CN(C(=O)c2cc(OC)c3c(c2)nc(-c2cc4cccnc4n2CC2CC2)n3[C@@H]2CCOC2)[C@H](C)C1N. The number of carbonyl (C=O) groups excluding carboxylic acids is 1. The molecule has 1 saturated carbocycles. The smallest absolute Gasteiger partial charge is 0.254 e. The van der Waals surface area contributed by atoms with Crippen LogP contribution in [-0.2, 0) is 11.3 Å². The van der Waals surface area contributed by atoms with Crippen LogP contribution in [0.15, 0.2) is 36.5 Å². The van der Waals surface area contributed by atoms with Gasteiger partial charge in [0.1, 0.15) is 16.9 Å². The molecule has 1 aromatic carbocycles. The zero-order chi connectivity index (χ0) is 27.5.